The van der Waals surface area contributed by atoms with Gasteiger partial charge >= 0.3 is 0 Å². The third-order valence-corrected chi connectivity index (χ3v) is 5.33. The van der Waals surface area contributed by atoms with Gasteiger partial charge in [-0.05, 0) is 31.4 Å². The van der Waals surface area contributed by atoms with E-state index in [0.29, 0.717) is 25.2 Å². The van der Waals surface area contributed by atoms with Crippen LogP contribution in [0.3, 0.4) is 0 Å². The summed E-state index contributed by atoms with van der Waals surface area (Å²) >= 11 is 0. The number of furan rings is 1. The second-order valence-corrected chi connectivity index (χ2v) is 6.59. The fourth-order valence-electron chi connectivity index (χ4n) is 2.67. The minimum Gasteiger partial charge on any atom is -0.452 e. The van der Waals surface area contributed by atoms with Gasteiger partial charge in [0.25, 0.3) is 10.0 Å². The van der Waals surface area contributed by atoms with Crippen molar-refractivity contribution in [3.05, 3.63) is 18.4 Å². The standard InChI is InChI=1S/C11H16N2O3S/c14-17(15,11-2-1-7-16-11)13-6-5-9-3-4-10(8-13)12-9/h1-2,7,9-10,12H,3-6,8H2. The fourth-order valence-corrected chi connectivity index (χ4v) is 4.07. The normalized spacial score (nSPS) is 30.4. The molecule has 0 spiro atoms. The van der Waals surface area contributed by atoms with Crippen molar-refractivity contribution >= 4 is 10.0 Å². The molecule has 3 rings (SSSR count). The molecule has 3 heterocycles. The average molecular weight is 256 g/mol. The highest BCUT2D eigenvalue weighted by atomic mass is 32.2. The summed E-state index contributed by atoms with van der Waals surface area (Å²) in [5, 5.41) is 3.51. The molecule has 0 saturated carbocycles. The SMILES string of the molecule is O=S(=O)(c1ccco1)N1CCC2CCC(C1)N2. The predicted molar refractivity (Wildman–Crippen MR) is 62.0 cm³/mol. The van der Waals surface area contributed by atoms with Crippen LogP contribution in [-0.4, -0.2) is 37.9 Å². The van der Waals surface area contributed by atoms with E-state index in [1.165, 1.54) is 18.8 Å². The van der Waals surface area contributed by atoms with Crippen molar-refractivity contribution in [3.63, 3.8) is 0 Å². The topological polar surface area (TPSA) is 62.6 Å². The third kappa shape index (κ3) is 2.00. The molecular weight excluding hydrogens is 240 g/mol. The molecule has 2 fully saturated rings. The molecule has 94 valence electrons. The Kier molecular flexibility index (Phi) is 2.72. The molecule has 1 N–H and O–H groups in total. The second-order valence-electron chi connectivity index (χ2n) is 4.72. The van der Waals surface area contributed by atoms with E-state index in [4.69, 9.17) is 4.42 Å². The Bertz CT molecular complexity index is 483. The summed E-state index contributed by atoms with van der Waals surface area (Å²) in [6, 6.07) is 3.89. The molecule has 0 aromatic carbocycles. The Balaban J connectivity index is 1.85. The van der Waals surface area contributed by atoms with Crippen molar-refractivity contribution in [2.24, 2.45) is 0 Å². The van der Waals surface area contributed by atoms with Gasteiger partial charge in [-0.15, -0.1) is 0 Å². The summed E-state index contributed by atoms with van der Waals surface area (Å²) < 4.78 is 31.1. The zero-order valence-corrected chi connectivity index (χ0v) is 10.3. The molecule has 0 amide bonds. The van der Waals surface area contributed by atoms with Gasteiger partial charge in [0.05, 0.1) is 6.26 Å². The van der Waals surface area contributed by atoms with E-state index in [0.717, 1.165) is 12.8 Å². The third-order valence-electron chi connectivity index (χ3n) is 3.58. The van der Waals surface area contributed by atoms with Gasteiger partial charge < -0.3 is 9.73 Å². The fraction of sp³-hybridized carbons (Fsp3) is 0.636. The van der Waals surface area contributed by atoms with Gasteiger partial charge in [-0.25, -0.2) is 8.42 Å². The highest BCUT2D eigenvalue weighted by Crippen LogP contribution is 2.25. The predicted octanol–water partition coefficient (Wildman–Crippen LogP) is 0.795. The average Bonchev–Trinajstić information content (AvgIpc) is 2.87. The van der Waals surface area contributed by atoms with E-state index in [1.807, 2.05) is 0 Å². The minimum atomic E-state index is -3.44. The number of hydrogen-bond acceptors (Lipinski definition) is 4. The highest BCUT2D eigenvalue weighted by molar-refractivity contribution is 7.89. The zero-order chi connectivity index (χ0) is 11.9. The number of fused-ring (bicyclic) bond motifs is 2. The number of rotatable bonds is 2. The Hall–Kier alpha value is -0.850. The molecule has 17 heavy (non-hydrogen) atoms. The maximum Gasteiger partial charge on any atom is 0.276 e. The van der Waals surface area contributed by atoms with Gasteiger partial charge in [-0.3, -0.25) is 0 Å². The highest BCUT2D eigenvalue weighted by Gasteiger charge is 2.35. The van der Waals surface area contributed by atoms with Gasteiger partial charge in [-0.1, -0.05) is 0 Å². The molecule has 2 bridgehead atoms. The largest absolute Gasteiger partial charge is 0.452 e. The van der Waals surface area contributed by atoms with Crippen LogP contribution in [0.5, 0.6) is 0 Å². The number of nitrogens with one attached hydrogen (secondary N) is 1. The van der Waals surface area contributed by atoms with Crippen molar-refractivity contribution in [2.45, 2.75) is 36.4 Å². The Morgan fingerprint density at radius 2 is 2.12 bits per heavy atom. The lowest BCUT2D eigenvalue weighted by molar-refractivity contribution is 0.361. The second kappa shape index (κ2) is 4.12. The Morgan fingerprint density at radius 1 is 1.29 bits per heavy atom. The summed E-state index contributed by atoms with van der Waals surface area (Å²) in [6.45, 7) is 1.14. The van der Waals surface area contributed by atoms with Gasteiger partial charge in [0, 0.05) is 25.2 Å². The van der Waals surface area contributed by atoms with Gasteiger partial charge in [0.1, 0.15) is 0 Å². The summed E-state index contributed by atoms with van der Waals surface area (Å²) in [6.07, 6.45) is 4.51. The summed E-state index contributed by atoms with van der Waals surface area (Å²) in [4.78, 5) is 0. The van der Waals surface area contributed by atoms with E-state index in [-0.39, 0.29) is 5.09 Å². The van der Waals surface area contributed by atoms with E-state index < -0.39 is 10.0 Å². The van der Waals surface area contributed by atoms with E-state index >= 15 is 0 Å². The Morgan fingerprint density at radius 3 is 2.88 bits per heavy atom. The maximum absolute atomic E-state index is 12.3. The van der Waals surface area contributed by atoms with Gasteiger partial charge in [-0.2, -0.15) is 4.31 Å². The Labute approximate surface area is 101 Å². The van der Waals surface area contributed by atoms with Crippen LogP contribution in [0.2, 0.25) is 0 Å². The molecule has 2 aliphatic rings. The van der Waals surface area contributed by atoms with Gasteiger partial charge in [0.15, 0.2) is 0 Å². The van der Waals surface area contributed by atoms with Crippen LogP contribution in [0.15, 0.2) is 27.9 Å². The molecular formula is C11H16N2O3S. The first kappa shape index (κ1) is 11.3. The summed E-state index contributed by atoms with van der Waals surface area (Å²) in [5.74, 6) is 0. The zero-order valence-electron chi connectivity index (χ0n) is 9.50. The van der Waals surface area contributed by atoms with Crippen molar-refractivity contribution in [2.75, 3.05) is 13.1 Å². The lowest BCUT2D eigenvalue weighted by atomic mass is 10.1. The monoisotopic (exact) mass is 256 g/mol. The van der Waals surface area contributed by atoms with Crippen molar-refractivity contribution < 1.29 is 12.8 Å². The molecule has 5 nitrogen and oxygen atoms in total. The van der Waals surface area contributed by atoms with Crippen LogP contribution in [0, 0.1) is 0 Å². The molecule has 2 unspecified atom stereocenters. The first-order valence-electron chi connectivity index (χ1n) is 5.96. The molecule has 0 aliphatic carbocycles. The quantitative estimate of drug-likeness (QED) is 0.850. The molecule has 2 atom stereocenters. The lowest BCUT2D eigenvalue weighted by Gasteiger charge is -2.22. The maximum atomic E-state index is 12.3. The van der Waals surface area contributed by atoms with Crippen LogP contribution in [0.1, 0.15) is 19.3 Å². The van der Waals surface area contributed by atoms with Crippen LogP contribution < -0.4 is 5.32 Å². The number of hydrogen-bond donors (Lipinski definition) is 1. The van der Waals surface area contributed by atoms with E-state index in [9.17, 15) is 8.42 Å². The van der Waals surface area contributed by atoms with Crippen LogP contribution in [-0.2, 0) is 10.0 Å². The van der Waals surface area contributed by atoms with Crippen molar-refractivity contribution in [3.8, 4) is 0 Å². The van der Waals surface area contributed by atoms with E-state index in [1.54, 1.807) is 10.4 Å². The molecule has 2 saturated heterocycles. The number of nitrogens with zero attached hydrogens (tertiary/aromatic N) is 1. The molecule has 6 heteroatoms. The minimum absolute atomic E-state index is 0.0512. The van der Waals surface area contributed by atoms with Crippen LogP contribution in [0.25, 0.3) is 0 Å². The lowest BCUT2D eigenvalue weighted by Crippen LogP contribution is -2.38. The molecule has 2 aliphatic heterocycles. The summed E-state index contributed by atoms with van der Waals surface area (Å²) in [7, 11) is -3.44. The van der Waals surface area contributed by atoms with Crippen LogP contribution in [0.4, 0.5) is 0 Å². The smallest absolute Gasteiger partial charge is 0.276 e. The first-order chi connectivity index (χ1) is 8.16. The number of sulfonamides is 1. The van der Waals surface area contributed by atoms with Crippen molar-refractivity contribution in [1.29, 1.82) is 0 Å². The van der Waals surface area contributed by atoms with Gasteiger partial charge in [0.2, 0.25) is 5.09 Å². The summed E-state index contributed by atoms with van der Waals surface area (Å²) in [5.41, 5.74) is 0. The van der Waals surface area contributed by atoms with Crippen LogP contribution >= 0.6 is 0 Å². The molecule has 1 aromatic rings. The van der Waals surface area contributed by atoms with Crippen molar-refractivity contribution in [1.82, 2.24) is 9.62 Å². The van der Waals surface area contributed by atoms with E-state index in [2.05, 4.69) is 5.32 Å². The molecule has 1 aromatic heterocycles. The first-order valence-corrected chi connectivity index (χ1v) is 7.40. The molecule has 0 radical (unpaired) electrons.